The van der Waals surface area contributed by atoms with Crippen molar-refractivity contribution in [2.75, 3.05) is 26.2 Å². The van der Waals surface area contributed by atoms with Gasteiger partial charge in [0.15, 0.2) is 0 Å². The van der Waals surface area contributed by atoms with Gasteiger partial charge in [-0.05, 0) is 50.7 Å². The van der Waals surface area contributed by atoms with E-state index in [1.807, 2.05) is 4.90 Å². The molecule has 2 aliphatic heterocycles. The molecule has 2 aliphatic rings. The lowest BCUT2D eigenvalue weighted by atomic mass is 9.82. The third-order valence-corrected chi connectivity index (χ3v) is 6.07. The molecule has 0 spiro atoms. The van der Waals surface area contributed by atoms with E-state index in [1.54, 1.807) is 6.92 Å². The zero-order chi connectivity index (χ0) is 25.8. The zero-order valence-electron chi connectivity index (χ0n) is 19.5. The van der Waals surface area contributed by atoms with E-state index in [4.69, 9.17) is 20.5 Å². The van der Waals surface area contributed by atoms with Crippen molar-refractivity contribution >= 4 is 24.9 Å². The number of hydrazine groups is 1. The topological polar surface area (TPSA) is 207 Å². The number of nitrogens with two attached hydrogens (primary N) is 1. The van der Waals surface area contributed by atoms with Crippen molar-refractivity contribution in [1.29, 1.82) is 0 Å². The number of carboxylic acids is 1. The van der Waals surface area contributed by atoms with Crippen LogP contribution in [-0.4, -0.2) is 93.9 Å². The third-order valence-electron chi connectivity index (χ3n) is 6.07. The fraction of sp³-hybridized carbons (Fsp3) is 0.571. The summed E-state index contributed by atoms with van der Waals surface area (Å²) in [5, 5.41) is 40.9. The molecular formula is C21H32BN5O8. The van der Waals surface area contributed by atoms with Gasteiger partial charge in [0.05, 0.1) is 6.04 Å². The number of carboxylic acid groups (broad SMARTS) is 1. The molecule has 13 nitrogen and oxygen atoms in total. The number of aromatic carboxylic acids is 1. The van der Waals surface area contributed by atoms with Crippen molar-refractivity contribution in [3.63, 3.8) is 0 Å². The van der Waals surface area contributed by atoms with Crippen molar-refractivity contribution in [3.8, 4) is 11.5 Å². The lowest BCUT2D eigenvalue weighted by molar-refractivity contribution is -0.133. The van der Waals surface area contributed by atoms with Crippen LogP contribution >= 0.6 is 0 Å². The summed E-state index contributed by atoms with van der Waals surface area (Å²) >= 11 is 0. The van der Waals surface area contributed by atoms with Crippen LogP contribution in [0.3, 0.4) is 0 Å². The minimum atomic E-state index is -1.57. The van der Waals surface area contributed by atoms with E-state index in [0.717, 1.165) is 13.0 Å². The second kappa shape index (κ2) is 11.2. The molecule has 2 fully saturated rings. The number of nitrogens with zero attached hydrogens (tertiary/aromatic N) is 1. The third kappa shape index (κ3) is 6.83. The average Bonchev–Trinajstić information content (AvgIpc) is 3.29. The van der Waals surface area contributed by atoms with Crippen molar-refractivity contribution in [3.05, 3.63) is 23.3 Å². The monoisotopic (exact) mass is 493 g/mol. The maximum atomic E-state index is 12.5. The van der Waals surface area contributed by atoms with Gasteiger partial charge in [-0.2, -0.15) is 0 Å². The summed E-state index contributed by atoms with van der Waals surface area (Å²) in [6.45, 7) is 3.21. The molecule has 0 radical (unpaired) electrons. The first-order valence-electron chi connectivity index (χ1n) is 11.4. The Morgan fingerprint density at radius 2 is 2.00 bits per heavy atom. The molecule has 0 unspecified atom stereocenters. The number of carbonyl (C=O) groups is 3. The van der Waals surface area contributed by atoms with Crippen LogP contribution in [0.4, 0.5) is 0 Å². The maximum Gasteiger partial charge on any atom is 0.451 e. The molecule has 1 aromatic carbocycles. The molecule has 14 heteroatoms. The number of hydrogen-bond acceptors (Lipinski definition) is 10. The van der Waals surface area contributed by atoms with Crippen molar-refractivity contribution in [2.24, 2.45) is 5.73 Å². The molecule has 2 atom stereocenters. The lowest BCUT2D eigenvalue weighted by Gasteiger charge is -2.42. The van der Waals surface area contributed by atoms with Crippen LogP contribution in [0, 0.1) is 0 Å². The number of aromatic hydroxyl groups is 1. The normalized spacial score (nSPS) is 19.9. The van der Waals surface area contributed by atoms with Crippen LogP contribution in [0.15, 0.2) is 12.1 Å². The zero-order valence-corrected chi connectivity index (χ0v) is 19.5. The standard InChI is InChI=1S/C21H32BN5O8/c1-21(23,20(32)26-25-18(29)14-3-2-8-24-14)11-27-9-13(10-27)35-15-5-4-12(6-7-22(33)34)17(28)16(15)19(30)31/h4-5,13-14,24,28,33-34H,2-3,6-11,23H2,1H3,(H,25,29)(H,26,32)(H,30,31)/t14-,21+/m0/s1. The van der Waals surface area contributed by atoms with Gasteiger partial charge in [0.2, 0.25) is 0 Å². The van der Waals surface area contributed by atoms with Gasteiger partial charge < -0.3 is 36.0 Å². The number of hydrogen-bond donors (Lipinski definition) is 8. The first-order valence-corrected chi connectivity index (χ1v) is 11.4. The average molecular weight is 493 g/mol. The molecule has 0 aromatic heterocycles. The van der Waals surface area contributed by atoms with E-state index in [1.165, 1.54) is 12.1 Å². The number of ether oxygens (including phenoxy) is 1. The smallest absolute Gasteiger partial charge is 0.451 e. The van der Waals surface area contributed by atoms with Crippen molar-refractivity contribution in [2.45, 2.75) is 50.2 Å². The molecule has 0 bridgehead atoms. The highest BCUT2D eigenvalue weighted by Crippen LogP contribution is 2.34. The van der Waals surface area contributed by atoms with E-state index in [9.17, 15) is 24.6 Å². The Hall–Kier alpha value is -2.91. The summed E-state index contributed by atoms with van der Waals surface area (Å²) < 4.78 is 5.76. The highest BCUT2D eigenvalue weighted by Gasteiger charge is 2.38. The second-order valence-electron chi connectivity index (χ2n) is 9.21. The quantitative estimate of drug-likeness (QED) is 0.129. The number of amides is 2. The van der Waals surface area contributed by atoms with E-state index in [0.29, 0.717) is 19.5 Å². The van der Waals surface area contributed by atoms with Crippen LogP contribution in [0.25, 0.3) is 0 Å². The molecular weight excluding hydrogens is 461 g/mol. The van der Waals surface area contributed by atoms with E-state index in [-0.39, 0.29) is 48.7 Å². The van der Waals surface area contributed by atoms with Crippen molar-refractivity contribution in [1.82, 2.24) is 21.1 Å². The van der Waals surface area contributed by atoms with Crippen molar-refractivity contribution < 1.29 is 39.4 Å². The summed E-state index contributed by atoms with van der Waals surface area (Å²) in [5.41, 5.74) is 9.47. The van der Waals surface area contributed by atoms with Crippen LogP contribution in [0.5, 0.6) is 11.5 Å². The predicted octanol–water partition coefficient (Wildman–Crippen LogP) is -2.21. The Morgan fingerprint density at radius 3 is 2.60 bits per heavy atom. The summed E-state index contributed by atoms with van der Waals surface area (Å²) in [5.74, 6) is -2.73. The number of rotatable bonds is 10. The highest BCUT2D eigenvalue weighted by molar-refractivity contribution is 6.41. The highest BCUT2D eigenvalue weighted by atomic mass is 16.5. The Balaban J connectivity index is 1.50. The van der Waals surface area contributed by atoms with Crippen LogP contribution in [0.1, 0.15) is 35.7 Å². The Morgan fingerprint density at radius 1 is 1.29 bits per heavy atom. The molecule has 3 rings (SSSR count). The first kappa shape index (κ1) is 26.7. The molecule has 2 amide bonds. The predicted molar refractivity (Wildman–Crippen MR) is 125 cm³/mol. The van der Waals surface area contributed by atoms with Crippen LogP contribution < -0.4 is 26.6 Å². The van der Waals surface area contributed by atoms with E-state index < -0.39 is 35.8 Å². The molecule has 2 heterocycles. The first-order chi connectivity index (χ1) is 16.5. The lowest BCUT2D eigenvalue weighted by Crippen LogP contribution is -2.66. The molecule has 192 valence electrons. The summed E-state index contributed by atoms with van der Waals surface area (Å²) in [6.07, 6.45) is 1.23. The van der Waals surface area contributed by atoms with Gasteiger partial charge >= 0.3 is 13.1 Å². The number of carbonyl (C=O) groups excluding carboxylic acids is 2. The Kier molecular flexibility index (Phi) is 8.56. The van der Waals surface area contributed by atoms with E-state index >= 15 is 0 Å². The van der Waals surface area contributed by atoms with E-state index in [2.05, 4.69) is 16.2 Å². The van der Waals surface area contributed by atoms with Gasteiger partial charge in [0.25, 0.3) is 11.8 Å². The van der Waals surface area contributed by atoms with Crippen LogP contribution in [-0.2, 0) is 16.0 Å². The molecule has 1 aromatic rings. The number of likely N-dealkylation sites (tertiary alicyclic amines) is 1. The van der Waals surface area contributed by atoms with Gasteiger partial charge in [-0.25, -0.2) is 4.79 Å². The summed E-state index contributed by atoms with van der Waals surface area (Å²) in [6, 6.07) is 2.57. The Labute approximate surface area is 202 Å². The number of aryl methyl sites for hydroxylation is 1. The van der Waals surface area contributed by atoms with Gasteiger partial charge in [0.1, 0.15) is 28.7 Å². The molecule has 0 aliphatic carbocycles. The fourth-order valence-corrected chi connectivity index (χ4v) is 4.11. The largest absolute Gasteiger partial charge is 0.507 e. The SMILES string of the molecule is C[C@@](N)(CN1CC(Oc2ccc(CCB(O)O)c(O)c2C(=O)O)C1)C(=O)NNC(=O)[C@@H]1CCCN1. The number of benzene rings is 1. The maximum absolute atomic E-state index is 12.5. The molecule has 9 N–H and O–H groups in total. The molecule has 35 heavy (non-hydrogen) atoms. The van der Waals surface area contributed by atoms with Gasteiger partial charge in [0, 0.05) is 19.6 Å². The summed E-state index contributed by atoms with van der Waals surface area (Å²) in [4.78, 5) is 38.0. The van der Waals surface area contributed by atoms with Gasteiger partial charge in [-0.15, -0.1) is 0 Å². The molecule has 2 saturated heterocycles. The van der Waals surface area contributed by atoms with Crippen LogP contribution in [0.2, 0.25) is 6.32 Å². The number of nitrogens with one attached hydrogen (secondary N) is 3. The summed E-state index contributed by atoms with van der Waals surface area (Å²) in [7, 11) is -1.57. The molecule has 0 saturated carbocycles. The minimum Gasteiger partial charge on any atom is -0.507 e. The van der Waals surface area contributed by atoms with Gasteiger partial charge in [-0.3, -0.25) is 25.3 Å². The van der Waals surface area contributed by atoms with Gasteiger partial charge in [-0.1, -0.05) is 6.07 Å². The Bertz CT molecular complexity index is 948. The number of phenols is 1. The fourth-order valence-electron chi connectivity index (χ4n) is 4.11. The minimum absolute atomic E-state index is 0.00978. The second-order valence-corrected chi connectivity index (χ2v) is 9.21.